The first-order chi connectivity index (χ1) is 9.19. The van der Waals surface area contributed by atoms with Crippen molar-refractivity contribution in [1.82, 2.24) is 14.5 Å². The molecule has 0 bridgehead atoms. The minimum atomic E-state index is -0.462. The summed E-state index contributed by atoms with van der Waals surface area (Å²) in [7, 11) is 1.32. The number of aromatic amines is 1. The van der Waals surface area contributed by atoms with Gasteiger partial charge in [-0.15, -0.1) is 0 Å². The molecule has 2 heterocycles. The number of methoxy groups -OCH3 is 1. The first-order valence-electron chi connectivity index (χ1n) is 6.34. The molecule has 0 spiro atoms. The number of nitrogens with one attached hydrogen (secondary N) is 1. The van der Waals surface area contributed by atoms with Crippen LogP contribution in [0.25, 0.3) is 11.2 Å². The van der Waals surface area contributed by atoms with E-state index in [0.29, 0.717) is 23.3 Å². The molecule has 19 heavy (non-hydrogen) atoms. The van der Waals surface area contributed by atoms with Crippen molar-refractivity contribution in [1.29, 1.82) is 0 Å². The van der Waals surface area contributed by atoms with Crippen LogP contribution in [0.3, 0.4) is 0 Å². The van der Waals surface area contributed by atoms with Crippen LogP contribution in [0, 0.1) is 0 Å². The zero-order valence-electron chi connectivity index (χ0n) is 11.1. The molecule has 0 amide bonds. The highest BCUT2D eigenvalue weighted by molar-refractivity contribution is 6.00. The van der Waals surface area contributed by atoms with Gasteiger partial charge in [-0.2, -0.15) is 0 Å². The van der Waals surface area contributed by atoms with E-state index in [1.165, 1.54) is 13.3 Å². The number of H-pyrrole nitrogens is 1. The van der Waals surface area contributed by atoms with Crippen molar-refractivity contribution < 1.29 is 9.53 Å². The second kappa shape index (κ2) is 5.69. The summed E-state index contributed by atoms with van der Waals surface area (Å²) in [5.74, 6) is -0.462. The van der Waals surface area contributed by atoms with E-state index in [2.05, 4.69) is 16.9 Å². The number of ether oxygens (including phenoxy) is 1. The maximum Gasteiger partial charge on any atom is 0.340 e. The van der Waals surface area contributed by atoms with Gasteiger partial charge in [0, 0.05) is 12.7 Å². The second-order valence-corrected chi connectivity index (χ2v) is 4.34. The Morgan fingerprint density at radius 3 is 2.95 bits per heavy atom. The standard InChI is InChI=1S/C13H17N3O3/c1-3-4-5-8-16-10-9(12(17)19-2)6-7-14-11(10)15-13(16)18/h6-7H,3-5,8H2,1-2H3,(H,14,15,18). The van der Waals surface area contributed by atoms with E-state index in [-0.39, 0.29) is 5.69 Å². The molecule has 0 fully saturated rings. The average molecular weight is 263 g/mol. The van der Waals surface area contributed by atoms with Crippen molar-refractivity contribution in [2.45, 2.75) is 32.7 Å². The molecule has 0 saturated heterocycles. The number of carbonyl (C=O) groups is 1. The zero-order chi connectivity index (χ0) is 13.8. The molecule has 0 atom stereocenters. The summed E-state index contributed by atoms with van der Waals surface area (Å²) in [6, 6.07) is 1.57. The normalized spacial score (nSPS) is 10.8. The quantitative estimate of drug-likeness (QED) is 0.658. The van der Waals surface area contributed by atoms with E-state index < -0.39 is 5.97 Å². The van der Waals surface area contributed by atoms with Crippen LogP contribution in [0.1, 0.15) is 36.5 Å². The maximum absolute atomic E-state index is 11.9. The Morgan fingerprint density at radius 2 is 2.26 bits per heavy atom. The van der Waals surface area contributed by atoms with Gasteiger partial charge in [-0.25, -0.2) is 14.6 Å². The van der Waals surface area contributed by atoms with E-state index in [0.717, 1.165) is 19.3 Å². The first kappa shape index (κ1) is 13.3. The van der Waals surface area contributed by atoms with Gasteiger partial charge >= 0.3 is 11.7 Å². The molecule has 6 heteroatoms. The number of unbranched alkanes of at least 4 members (excludes halogenated alkanes) is 2. The Bertz CT molecular complexity index is 642. The highest BCUT2D eigenvalue weighted by Crippen LogP contribution is 2.15. The Kier molecular flexibility index (Phi) is 3.99. The van der Waals surface area contributed by atoms with Crippen LogP contribution in [0.4, 0.5) is 0 Å². The number of esters is 1. The molecule has 0 saturated carbocycles. The number of aryl methyl sites for hydroxylation is 1. The predicted octanol–water partition coefficient (Wildman–Crippen LogP) is 1.70. The molecule has 0 aliphatic heterocycles. The van der Waals surface area contributed by atoms with Crippen LogP contribution in [-0.2, 0) is 11.3 Å². The van der Waals surface area contributed by atoms with Gasteiger partial charge in [-0.05, 0) is 12.5 Å². The van der Waals surface area contributed by atoms with Crippen molar-refractivity contribution in [3.05, 3.63) is 28.3 Å². The van der Waals surface area contributed by atoms with Gasteiger partial charge in [0.2, 0.25) is 0 Å². The molecule has 0 unspecified atom stereocenters. The van der Waals surface area contributed by atoms with Crippen molar-refractivity contribution in [3.8, 4) is 0 Å². The van der Waals surface area contributed by atoms with Crippen LogP contribution in [0.5, 0.6) is 0 Å². The van der Waals surface area contributed by atoms with Crippen LogP contribution in [-0.4, -0.2) is 27.6 Å². The molecule has 2 aromatic rings. The molecule has 2 rings (SSSR count). The van der Waals surface area contributed by atoms with Gasteiger partial charge in [0.15, 0.2) is 5.65 Å². The summed E-state index contributed by atoms with van der Waals surface area (Å²) in [5, 5.41) is 0. The van der Waals surface area contributed by atoms with Crippen LogP contribution in [0.15, 0.2) is 17.1 Å². The lowest BCUT2D eigenvalue weighted by Crippen LogP contribution is -2.18. The van der Waals surface area contributed by atoms with Gasteiger partial charge in [0.25, 0.3) is 0 Å². The van der Waals surface area contributed by atoms with E-state index in [1.54, 1.807) is 10.6 Å². The topological polar surface area (TPSA) is 77.0 Å². The molecule has 0 aliphatic carbocycles. The monoisotopic (exact) mass is 263 g/mol. The summed E-state index contributed by atoms with van der Waals surface area (Å²) in [5.41, 5.74) is 1.07. The van der Waals surface area contributed by atoms with Crippen LogP contribution in [0.2, 0.25) is 0 Å². The molecule has 2 aromatic heterocycles. The van der Waals surface area contributed by atoms with E-state index >= 15 is 0 Å². The Hall–Kier alpha value is -2.11. The number of rotatable bonds is 5. The highest BCUT2D eigenvalue weighted by atomic mass is 16.5. The summed E-state index contributed by atoms with van der Waals surface area (Å²) in [6.07, 6.45) is 4.48. The predicted molar refractivity (Wildman–Crippen MR) is 71.2 cm³/mol. The largest absolute Gasteiger partial charge is 0.465 e. The summed E-state index contributed by atoms with van der Waals surface area (Å²) in [6.45, 7) is 2.67. The molecule has 0 aliphatic rings. The fourth-order valence-corrected chi connectivity index (χ4v) is 2.10. The number of imidazole rings is 1. The first-order valence-corrected chi connectivity index (χ1v) is 6.34. The second-order valence-electron chi connectivity index (χ2n) is 4.34. The number of carbonyl (C=O) groups excluding carboxylic acids is 1. The summed E-state index contributed by atoms with van der Waals surface area (Å²) < 4.78 is 6.30. The average Bonchev–Trinajstić information content (AvgIpc) is 2.74. The van der Waals surface area contributed by atoms with E-state index in [9.17, 15) is 9.59 Å². The SMILES string of the molecule is CCCCCn1c(=O)[nH]c2nccc(C(=O)OC)c21. The number of hydrogen-bond acceptors (Lipinski definition) is 4. The van der Waals surface area contributed by atoms with E-state index in [4.69, 9.17) is 4.74 Å². The summed E-state index contributed by atoms with van der Waals surface area (Å²) in [4.78, 5) is 30.4. The lowest BCUT2D eigenvalue weighted by molar-refractivity contribution is 0.0602. The minimum absolute atomic E-state index is 0.241. The van der Waals surface area contributed by atoms with E-state index in [1.807, 2.05) is 0 Å². The Morgan fingerprint density at radius 1 is 1.47 bits per heavy atom. The summed E-state index contributed by atoms with van der Waals surface area (Å²) >= 11 is 0. The number of fused-ring (bicyclic) bond motifs is 1. The van der Waals surface area contributed by atoms with Crippen molar-refractivity contribution in [3.63, 3.8) is 0 Å². The van der Waals surface area contributed by atoms with Crippen molar-refractivity contribution in [2.75, 3.05) is 7.11 Å². The molecule has 6 nitrogen and oxygen atoms in total. The fraction of sp³-hybridized carbons (Fsp3) is 0.462. The third-order valence-electron chi connectivity index (χ3n) is 3.06. The van der Waals surface area contributed by atoms with Crippen LogP contribution < -0.4 is 5.69 Å². The zero-order valence-corrected chi connectivity index (χ0v) is 11.1. The molecule has 0 radical (unpaired) electrons. The van der Waals surface area contributed by atoms with Gasteiger partial charge in [0.05, 0.1) is 12.7 Å². The van der Waals surface area contributed by atoms with Gasteiger partial charge in [0.1, 0.15) is 5.52 Å². The third kappa shape index (κ3) is 2.52. The van der Waals surface area contributed by atoms with Crippen molar-refractivity contribution >= 4 is 17.1 Å². The fourth-order valence-electron chi connectivity index (χ4n) is 2.10. The number of pyridine rings is 1. The van der Waals surface area contributed by atoms with Gasteiger partial charge in [-0.3, -0.25) is 9.55 Å². The Labute approximate surface area is 110 Å². The molecule has 1 N–H and O–H groups in total. The lowest BCUT2D eigenvalue weighted by Gasteiger charge is -2.06. The van der Waals surface area contributed by atoms with Crippen LogP contribution >= 0.6 is 0 Å². The van der Waals surface area contributed by atoms with Gasteiger partial charge in [-0.1, -0.05) is 19.8 Å². The number of nitrogens with zero attached hydrogens (tertiary/aromatic N) is 2. The molecule has 102 valence electrons. The van der Waals surface area contributed by atoms with Gasteiger partial charge < -0.3 is 4.74 Å². The lowest BCUT2D eigenvalue weighted by atomic mass is 10.2. The molecule has 0 aromatic carbocycles. The smallest absolute Gasteiger partial charge is 0.340 e. The van der Waals surface area contributed by atoms with Crippen molar-refractivity contribution in [2.24, 2.45) is 0 Å². The maximum atomic E-state index is 11.9. The molecular formula is C13H17N3O3. The highest BCUT2D eigenvalue weighted by Gasteiger charge is 2.17. The number of hydrogen-bond donors (Lipinski definition) is 1. The third-order valence-corrected chi connectivity index (χ3v) is 3.06. The number of aromatic nitrogens is 3. The Balaban J connectivity index is 2.52. The minimum Gasteiger partial charge on any atom is -0.465 e. The molecular weight excluding hydrogens is 246 g/mol.